The maximum absolute atomic E-state index is 13.5. The van der Waals surface area contributed by atoms with E-state index >= 15 is 0 Å². The standard InChI is InChI=1S/C19H29F3O6.2CH4/c1-5-17(2,3)15(24)26-11-12-27-16(25)18(4,19(20,21)22)28-14(23)13-9-7-6-8-10-13;;/h13H,5-12H2,1-4H3;2*1H4. The molecule has 0 spiro atoms. The Bertz CT molecular complexity index is 568. The smallest absolute Gasteiger partial charge is 0.439 e. The largest absolute Gasteiger partial charge is 0.462 e. The van der Waals surface area contributed by atoms with Gasteiger partial charge < -0.3 is 14.2 Å². The summed E-state index contributed by atoms with van der Waals surface area (Å²) in [4.78, 5) is 36.0. The van der Waals surface area contributed by atoms with Crippen LogP contribution in [0, 0.1) is 11.3 Å². The molecule has 0 saturated heterocycles. The third-order valence-corrected chi connectivity index (χ3v) is 5.16. The molecule has 178 valence electrons. The van der Waals surface area contributed by atoms with Gasteiger partial charge >= 0.3 is 24.1 Å². The van der Waals surface area contributed by atoms with Crippen molar-refractivity contribution < 1.29 is 41.8 Å². The Kier molecular flexibility index (Phi) is 12.3. The lowest BCUT2D eigenvalue weighted by molar-refractivity contribution is -0.267. The fraction of sp³-hybridized carbons (Fsp3) is 0.857. The first kappa shape index (κ1) is 30.4. The highest BCUT2D eigenvalue weighted by Gasteiger charge is 2.62. The summed E-state index contributed by atoms with van der Waals surface area (Å²) in [7, 11) is 0. The predicted octanol–water partition coefficient (Wildman–Crippen LogP) is 5.23. The predicted molar refractivity (Wildman–Crippen MR) is 107 cm³/mol. The average molecular weight is 443 g/mol. The van der Waals surface area contributed by atoms with Gasteiger partial charge in [0.15, 0.2) is 0 Å². The van der Waals surface area contributed by atoms with Gasteiger partial charge in [0.1, 0.15) is 13.2 Å². The van der Waals surface area contributed by atoms with Crippen LogP contribution < -0.4 is 0 Å². The second-order valence-electron chi connectivity index (χ2n) is 7.80. The molecule has 1 rings (SSSR count). The average Bonchev–Trinajstić information content (AvgIpc) is 2.64. The first-order chi connectivity index (χ1) is 12.8. The number of carbonyl (C=O) groups is 3. The molecule has 0 aromatic carbocycles. The molecule has 1 aliphatic rings. The number of alkyl halides is 3. The van der Waals surface area contributed by atoms with Crippen LogP contribution in [0.15, 0.2) is 0 Å². The van der Waals surface area contributed by atoms with Crippen LogP contribution in [0.1, 0.15) is 81.1 Å². The molecule has 1 fully saturated rings. The molecule has 0 aromatic heterocycles. The molecule has 1 unspecified atom stereocenters. The molecule has 6 nitrogen and oxygen atoms in total. The summed E-state index contributed by atoms with van der Waals surface area (Å²) in [6, 6.07) is 0. The highest BCUT2D eigenvalue weighted by molar-refractivity contribution is 5.84. The van der Waals surface area contributed by atoms with Crippen molar-refractivity contribution in [2.45, 2.75) is 92.9 Å². The van der Waals surface area contributed by atoms with Crippen molar-refractivity contribution in [3.63, 3.8) is 0 Å². The highest BCUT2D eigenvalue weighted by Crippen LogP contribution is 2.36. The van der Waals surface area contributed by atoms with Crippen molar-refractivity contribution in [2.24, 2.45) is 11.3 Å². The SMILES string of the molecule is C.C.CCC(C)(C)C(=O)OCCOC(=O)C(C)(OC(=O)C1CCCCC1)C(F)(F)F. The van der Waals surface area contributed by atoms with Gasteiger partial charge in [0.25, 0.3) is 5.60 Å². The Balaban J connectivity index is 0. The quantitative estimate of drug-likeness (QED) is 0.291. The van der Waals surface area contributed by atoms with E-state index in [1.54, 1.807) is 20.8 Å². The van der Waals surface area contributed by atoms with Crippen molar-refractivity contribution in [1.82, 2.24) is 0 Å². The number of halogens is 3. The van der Waals surface area contributed by atoms with E-state index in [2.05, 4.69) is 9.47 Å². The second-order valence-corrected chi connectivity index (χ2v) is 7.80. The lowest BCUT2D eigenvalue weighted by atomic mass is 9.89. The lowest BCUT2D eigenvalue weighted by Crippen LogP contribution is -2.54. The molecular formula is C21H37F3O6. The molecule has 1 saturated carbocycles. The van der Waals surface area contributed by atoms with Gasteiger partial charge in [-0.1, -0.05) is 41.0 Å². The van der Waals surface area contributed by atoms with E-state index in [0.29, 0.717) is 26.2 Å². The van der Waals surface area contributed by atoms with Crippen LogP contribution in [0.2, 0.25) is 0 Å². The Morgan fingerprint density at radius 1 is 0.867 bits per heavy atom. The molecule has 1 aliphatic carbocycles. The van der Waals surface area contributed by atoms with Gasteiger partial charge in [0, 0.05) is 0 Å². The Labute approximate surface area is 177 Å². The molecular weight excluding hydrogens is 405 g/mol. The second kappa shape index (κ2) is 12.2. The molecule has 9 heteroatoms. The van der Waals surface area contributed by atoms with Crippen LogP contribution in [0.5, 0.6) is 0 Å². The minimum atomic E-state index is -5.14. The van der Waals surface area contributed by atoms with E-state index in [0.717, 1.165) is 19.3 Å². The highest BCUT2D eigenvalue weighted by atomic mass is 19.4. The van der Waals surface area contributed by atoms with Gasteiger partial charge in [-0.05, 0) is 40.0 Å². The third-order valence-electron chi connectivity index (χ3n) is 5.16. The summed E-state index contributed by atoms with van der Waals surface area (Å²) >= 11 is 0. The molecule has 0 heterocycles. The van der Waals surface area contributed by atoms with Gasteiger partial charge in [-0.15, -0.1) is 0 Å². The number of hydrogen-bond acceptors (Lipinski definition) is 6. The fourth-order valence-corrected chi connectivity index (χ4v) is 2.58. The minimum Gasteiger partial charge on any atom is -0.462 e. The lowest BCUT2D eigenvalue weighted by Gasteiger charge is -2.31. The molecule has 0 aliphatic heterocycles. The van der Waals surface area contributed by atoms with Crippen molar-refractivity contribution in [2.75, 3.05) is 13.2 Å². The Morgan fingerprint density at radius 2 is 1.33 bits per heavy atom. The Morgan fingerprint density at radius 3 is 1.77 bits per heavy atom. The molecule has 0 bridgehead atoms. The maximum atomic E-state index is 13.5. The molecule has 0 amide bonds. The van der Waals surface area contributed by atoms with E-state index < -0.39 is 54.2 Å². The summed E-state index contributed by atoms with van der Waals surface area (Å²) in [6.45, 7) is 4.62. The van der Waals surface area contributed by atoms with Crippen LogP contribution >= 0.6 is 0 Å². The van der Waals surface area contributed by atoms with Crippen molar-refractivity contribution in [1.29, 1.82) is 0 Å². The van der Waals surface area contributed by atoms with Gasteiger partial charge in [-0.25, -0.2) is 4.79 Å². The summed E-state index contributed by atoms with van der Waals surface area (Å²) in [5, 5.41) is 0. The minimum absolute atomic E-state index is 0. The van der Waals surface area contributed by atoms with Gasteiger partial charge in [-0.3, -0.25) is 9.59 Å². The van der Waals surface area contributed by atoms with Crippen LogP contribution in [0.25, 0.3) is 0 Å². The van der Waals surface area contributed by atoms with E-state index in [-0.39, 0.29) is 14.9 Å². The van der Waals surface area contributed by atoms with Crippen LogP contribution in [-0.2, 0) is 28.6 Å². The third kappa shape index (κ3) is 7.80. The van der Waals surface area contributed by atoms with E-state index in [9.17, 15) is 27.6 Å². The first-order valence-electron chi connectivity index (χ1n) is 9.49. The van der Waals surface area contributed by atoms with Crippen molar-refractivity contribution >= 4 is 17.9 Å². The van der Waals surface area contributed by atoms with Crippen molar-refractivity contribution in [3.05, 3.63) is 0 Å². The van der Waals surface area contributed by atoms with Gasteiger partial charge in [0.2, 0.25) is 0 Å². The van der Waals surface area contributed by atoms with Crippen molar-refractivity contribution in [3.8, 4) is 0 Å². The zero-order valence-corrected chi connectivity index (χ0v) is 16.8. The van der Waals surface area contributed by atoms with E-state index in [1.807, 2.05) is 0 Å². The monoisotopic (exact) mass is 442 g/mol. The number of ether oxygens (including phenoxy) is 3. The van der Waals surface area contributed by atoms with Gasteiger partial charge in [0.05, 0.1) is 11.3 Å². The molecule has 1 atom stereocenters. The van der Waals surface area contributed by atoms with E-state index in [4.69, 9.17) is 4.74 Å². The molecule has 0 N–H and O–H groups in total. The van der Waals surface area contributed by atoms with Gasteiger partial charge in [-0.2, -0.15) is 13.2 Å². The summed E-state index contributed by atoms with van der Waals surface area (Å²) < 4.78 is 54.5. The number of carbonyl (C=O) groups excluding carboxylic acids is 3. The number of esters is 3. The molecule has 30 heavy (non-hydrogen) atoms. The van der Waals surface area contributed by atoms with Crippen LogP contribution in [-0.4, -0.2) is 42.9 Å². The Hall–Kier alpha value is -1.80. The zero-order valence-electron chi connectivity index (χ0n) is 16.8. The maximum Gasteiger partial charge on any atom is 0.439 e. The number of hydrogen-bond donors (Lipinski definition) is 0. The molecule has 0 radical (unpaired) electrons. The zero-order chi connectivity index (χ0) is 21.6. The first-order valence-corrected chi connectivity index (χ1v) is 9.49. The fourth-order valence-electron chi connectivity index (χ4n) is 2.58. The molecule has 0 aromatic rings. The normalized spacial score (nSPS) is 16.9. The summed E-state index contributed by atoms with van der Waals surface area (Å²) in [5.41, 5.74) is -4.16. The summed E-state index contributed by atoms with van der Waals surface area (Å²) in [5.74, 6) is -3.99. The van der Waals surface area contributed by atoms with Crippen LogP contribution in [0.3, 0.4) is 0 Å². The van der Waals surface area contributed by atoms with Crippen LogP contribution in [0.4, 0.5) is 13.2 Å². The summed E-state index contributed by atoms with van der Waals surface area (Å²) in [6.07, 6.45) is -1.39. The number of rotatable bonds is 8. The van der Waals surface area contributed by atoms with E-state index in [1.165, 1.54) is 0 Å². The topological polar surface area (TPSA) is 78.9 Å².